The number of nitrogens with zero attached hydrogens (tertiary/aromatic N) is 2. The van der Waals surface area contributed by atoms with E-state index in [4.69, 9.17) is 0 Å². The molecule has 0 radical (unpaired) electrons. The zero-order valence-electron chi connectivity index (χ0n) is 10.8. The fourth-order valence-electron chi connectivity index (χ4n) is 2.22. The molecular formula is C12H15N2NaO3. The van der Waals surface area contributed by atoms with Crippen molar-refractivity contribution in [3.05, 3.63) is 11.8 Å². The number of hydrogen-bond acceptors (Lipinski definition) is 3. The van der Waals surface area contributed by atoms with Crippen molar-refractivity contribution in [1.82, 2.24) is 4.90 Å². The Labute approximate surface area is 128 Å². The van der Waals surface area contributed by atoms with Gasteiger partial charge >= 0.3 is 35.6 Å². The van der Waals surface area contributed by atoms with Gasteiger partial charge in [0.05, 0.1) is 5.92 Å². The van der Waals surface area contributed by atoms with E-state index >= 15 is 0 Å². The summed E-state index contributed by atoms with van der Waals surface area (Å²) in [4.78, 5) is 28.2. The molecule has 2 rings (SSSR count). The molecule has 6 heteroatoms. The van der Waals surface area contributed by atoms with Gasteiger partial charge < -0.3 is 5.11 Å². The number of rotatable bonds is 2. The number of hydrogen-bond donors (Lipinski definition) is 0. The standard InChI is InChI=1S/C12H16N2O3.Na/c1-2-9-10(15)13-12(17)14(11(9)16)8-6-4-3-5-7-8;/h6,9H,2-5,7H2,1H3,(H,13,15,17);/q;+1/p-1. The van der Waals surface area contributed by atoms with E-state index in [0.717, 1.165) is 24.2 Å². The van der Waals surface area contributed by atoms with Crippen molar-refractivity contribution in [3.63, 3.8) is 0 Å². The number of imide groups is 1. The van der Waals surface area contributed by atoms with Gasteiger partial charge in [0, 0.05) is 5.70 Å². The summed E-state index contributed by atoms with van der Waals surface area (Å²) in [6.45, 7) is 1.75. The van der Waals surface area contributed by atoms with Crippen molar-refractivity contribution in [2.45, 2.75) is 39.0 Å². The van der Waals surface area contributed by atoms with Gasteiger partial charge in [0.15, 0.2) is 0 Å². The molecule has 0 N–H and O–H groups in total. The van der Waals surface area contributed by atoms with Gasteiger partial charge in [0.2, 0.25) is 5.91 Å². The molecule has 1 aliphatic carbocycles. The van der Waals surface area contributed by atoms with E-state index in [2.05, 4.69) is 4.99 Å². The van der Waals surface area contributed by atoms with Crippen molar-refractivity contribution >= 4 is 17.8 Å². The number of amides is 3. The third kappa shape index (κ3) is 2.84. The van der Waals surface area contributed by atoms with Crippen LogP contribution in [0.2, 0.25) is 0 Å². The van der Waals surface area contributed by atoms with Crippen LogP contribution in [0, 0.1) is 5.92 Å². The summed E-state index contributed by atoms with van der Waals surface area (Å²) in [7, 11) is 0. The molecule has 3 amide bonds. The molecule has 0 saturated carbocycles. The molecule has 1 aliphatic heterocycles. The zero-order chi connectivity index (χ0) is 12.4. The van der Waals surface area contributed by atoms with Crippen LogP contribution in [0.4, 0.5) is 4.79 Å². The van der Waals surface area contributed by atoms with Gasteiger partial charge in [-0.1, -0.05) is 13.0 Å². The second-order valence-electron chi connectivity index (χ2n) is 4.31. The maximum Gasteiger partial charge on any atom is 1.00 e. The Balaban J connectivity index is 0.00000162. The molecule has 0 spiro atoms. The summed E-state index contributed by atoms with van der Waals surface area (Å²) >= 11 is 0. The van der Waals surface area contributed by atoms with Crippen LogP contribution >= 0.6 is 0 Å². The first-order chi connectivity index (χ1) is 8.15. The average Bonchev–Trinajstić information content (AvgIpc) is 2.30. The first kappa shape index (κ1) is 15.4. The minimum atomic E-state index is -0.782. The third-order valence-corrected chi connectivity index (χ3v) is 3.18. The minimum Gasteiger partial charge on any atom is -0.861 e. The molecule has 1 atom stereocenters. The van der Waals surface area contributed by atoms with Crippen LogP contribution in [0.1, 0.15) is 39.0 Å². The molecule has 0 aromatic heterocycles. The SMILES string of the molecule is CCC1C(=O)N(C2=CCCCC2)C(=O)N=C1[O-].[Na+]. The van der Waals surface area contributed by atoms with E-state index in [1.54, 1.807) is 6.92 Å². The second kappa shape index (κ2) is 6.50. The summed E-state index contributed by atoms with van der Waals surface area (Å²) in [6, 6.07) is -0.724. The van der Waals surface area contributed by atoms with E-state index < -0.39 is 23.8 Å². The zero-order valence-corrected chi connectivity index (χ0v) is 12.8. The Bertz CT molecular complexity index is 418. The fourth-order valence-corrected chi connectivity index (χ4v) is 2.22. The van der Waals surface area contributed by atoms with Crippen LogP contribution < -0.4 is 34.7 Å². The van der Waals surface area contributed by atoms with Crippen LogP contribution in [0.25, 0.3) is 0 Å². The van der Waals surface area contributed by atoms with E-state index in [-0.39, 0.29) is 29.6 Å². The molecule has 0 aromatic rings. The molecule has 2 aliphatic rings. The van der Waals surface area contributed by atoms with Gasteiger partial charge in [-0.2, -0.15) is 0 Å². The Kier molecular flexibility index (Phi) is 5.56. The molecule has 0 saturated heterocycles. The summed E-state index contributed by atoms with van der Waals surface area (Å²) < 4.78 is 0. The molecule has 18 heavy (non-hydrogen) atoms. The normalized spacial score (nSPS) is 24.3. The Hall–Kier alpha value is -0.650. The van der Waals surface area contributed by atoms with Gasteiger partial charge in [-0.05, 0) is 38.0 Å². The fraction of sp³-hybridized carbons (Fsp3) is 0.583. The van der Waals surface area contributed by atoms with Crippen LogP contribution in [-0.2, 0) is 4.79 Å². The number of carbonyl (C=O) groups excluding carboxylic acids is 2. The summed E-state index contributed by atoms with van der Waals surface area (Å²) in [5.74, 6) is -1.80. The number of carbonyl (C=O) groups is 2. The molecule has 1 heterocycles. The van der Waals surface area contributed by atoms with Gasteiger partial charge in [-0.25, -0.2) is 14.7 Å². The summed E-state index contributed by atoms with van der Waals surface area (Å²) in [6.07, 6.45) is 5.91. The van der Waals surface area contributed by atoms with E-state index in [9.17, 15) is 14.7 Å². The maximum atomic E-state index is 12.1. The van der Waals surface area contributed by atoms with Crippen molar-refractivity contribution in [1.29, 1.82) is 0 Å². The van der Waals surface area contributed by atoms with Crippen molar-refractivity contribution in [2.24, 2.45) is 10.9 Å². The van der Waals surface area contributed by atoms with Crippen molar-refractivity contribution < 1.29 is 44.3 Å². The molecule has 0 fully saturated rings. The first-order valence-corrected chi connectivity index (χ1v) is 5.97. The topological polar surface area (TPSA) is 72.8 Å². The van der Waals surface area contributed by atoms with Crippen LogP contribution in [0.5, 0.6) is 0 Å². The predicted molar refractivity (Wildman–Crippen MR) is 60.0 cm³/mol. The number of aliphatic imine (C=N–C) groups is 1. The molecule has 1 unspecified atom stereocenters. The van der Waals surface area contributed by atoms with Crippen LogP contribution in [0.15, 0.2) is 16.8 Å². The largest absolute Gasteiger partial charge is 1.00 e. The minimum absolute atomic E-state index is 0. The number of urea groups is 1. The summed E-state index contributed by atoms with van der Waals surface area (Å²) in [5.41, 5.74) is 0.709. The van der Waals surface area contributed by atoms with E-state index in [1.807, 2.05) is 6.08 Å². The molecule has 5 nitrogen and oxygen atoms in total. The van der Waals surface area contributed by atoms with Gasteiger partial charge in [0.1, 0.15) is 0 Å². The van der Waals surface area contributed by atoms with E-state index in [0.29, 0.717) is 18.5 Å². The molecular weight excluding hydrogens is 243 g/mol. The number of allylic oxidation sites excluding steroid dienone is 2. The van der Waals surface area contributed by atoms with Gasteiger partial charge in [0.25, 0.3) is 0 Å². The second-order valence-corrected chi connectivity index (χ2v) is 4.31. The van der Waals surface area contributed by atoms with Crippen LogP contribution in [-0.4, -0.2) is 22.7 Å². The van der Waals surface area contributed by atoms with E-state index in [1.165, 1.54) is 0 Å². The molecule has 0 bridgehead atoms. The maximum absolute atomic E-state index is 12.1. The Morgan fingerprint density at radius 3 is 2.72 bits per heavy atom. The quantitative estimate of drug-likeness (QED) is 0.548. The van der Waals surface area contributed by atoms with Crippen molar-refractivity contribution in [3.8, 4) is 0 Å². The first-order valence-electron chi connectivity index (χ1n) is 5.97. The Morgan fingerprint density at radius 1 is 1.44 bits per heavy atom. The monoisotopic (exact) mass is 258 g/mol. The average molecular weight is 258 g/mol. The molecule has 0 aromatic carbocycles. The third-order valence-electron chi connectivity index (χ3n) is 3.18. The summed E-state index contributed by atoms with van der Waals surface area (Å²) in [5, 5.41) is 11.4. The molecule has 92 valence electrons. The van der Waals surface area contributed by atoms with Gasteiger partial charge in [-0.3, -0.25) is 4.79 Å². The van der Waals surface area contributed by atoms with Crippen molar-refractivity contribution in [2.75, 3.05) is 0 Å². The van der Waals surface area contributed by atoms with Crippen LogP contribution in [0.3, 0.4) is 0 Å². The predicted octanol–water partition coefficient (Wildman–Crippen LogP) is -1.80. The smallest absolute Gasteiger partial charge is 0.861 e. The van der Waals surface area contributed by atoms with Gasteiger partial charge in [-0.15, -0.1) is 0 Å². The Morgan fingerprint density at radius 2 is 2.17 bits per heavy atom.